The zero-order valence-corrected chi connectivity index (χ0v) is 8.45. The Bertz CT molecular complexity index is 287. The molecular formula is C7H9ClN2OS. The van der Waals surface area contributed by atoms with Gasteiger partial charge >= 0.3 is 5.37 Å². The van der Waals surface area contributed by atoms with Gasteiger partial charge < -0.3 is 4.90 Å². The summed E-state index contributed by atoms with van der Waals surface area (Å²) in [4.78, 5) is 16.2. The zero-order valence-electron chi connectivity index (χ0n) is 6.87. The van der Waals surface area contributed by atoms with Gasteiger partial charge in [-0.3, -0.25) is 4.79 Å². The summed E-state index contributed by atoms with van der Waals surface area (Å²) in [6.07, 6.45) is 0. The van der Waals surface area contributed by atoms with Crippen molar-refractivity contribution in [1.29, 1.82) is 0 Å². The van der Waals surface area contributed by atoms with Gasteiger partial charge in [0.1, 0.15) is 0 Å². The van der Waals surface area contributed by atoms with Crippen molar-refractivity contribution in [2.45, 2.75) is 13.5 Å². The van der Waals surface area contributed by atoms with Crippen LogP contribution in [0.2, 0.25) is 0 Å². The largest absolute Gasteiger partial charge is 0.326 e. The van der Waals surface area contributed by atoms with Gasteiger partial charge in [0.2, 0.25) is 0 Å². The van der Waals surface area contributed by atoms with Crippen LogP contribution in [-0.2, 0) is 6.54 Å². The second kappa shape index (κ2) is 3.87. The van der Waals surface area contributed by atoms with E-state index in [9.17, 15) is 4.79 Å². The van der Waals surface area contributed by atoms with Crippen LogP contribution in [0.15, 0.2) is 5.38 Å². The Hall–Kier alpha value is -0.610. The Labute approximate surface area is 80.0 Å². The molecule has 1 amide bonds. The van der Waals surface area contributed by atoms with Gasteiger partial charge in [-0.2, -0.15) is 0 Å². The Morgan fingerprint density at radius 2 is 2.50 bits per heavy atom. The molecule has 0 saturated carbocycles. The quantitative estimate of drug-likeness (QED) is 0.547. The average Bonchev–Trinajstić information content (AvgIpc) is 2.35. The molecule has 0 N–H and O–H groups in total. The summed E-state index contributed by atoms with van der Waals surface area (Å²) >= 11 is 6.81. The van der Waals surface area contributed by atoms with E-state index in [-0.39, 0.29) is 0 Å². The molecule has 0 radical (unpaired) electrons. The Morgan fingerprint density at radius 3 is 2.92 bits per heavy atom. The number of thiazole rings is 1. The molecule has 0 atom stereocenters. The van der Waals surface area contributed by atoms with Crippen LogP contribution in [0.1, 0.15) is 10.7 Å². The number of hydrogen-bond donors (Lipinski definition) is 0. The van der Waals surface area contributed by atoms with Crippen LogP contribution in [0.5, 0.6) is 0 Å². The average molecular weight is 205 g/mol. The number of carbonyl (C=O) groups excluding carboxylic acids is 1. The van der Waals surface area contributed by atoms with Gasteiger partial charge in [0.15, 0.2) is 0 Å². The molecule has 5 heteroatoms. The molecule has 0 aromatic carbocycles. The van der Waals surface area contributed by atoms with Gasteiger partial charge in [0, 0.05) is 12.4 Å². The van der Waals surface area contributed by atoms with Crippen LogP contribution in [-0.4, -0.2) is 22.3 Å². The number of halogens is 1. The fraction of sp³-hybridized carbons (Fsp3) is 0.429. The van der Waals surface area contributed by atoms with E-state index >= 15 is 0 Å². The summed E-state index contributed by atoms with van der Waals surface area (Å²) in [5.74, 6) is 0. The molecule has 3 nitrogen and oxygen atoms in total. The van der Waals surface area contributed by atoms with Crippen molar-refractivity contribution in [3.05, 3.63) is 16.1 Å². The molecule has 0 fully saturated rings. The first-order valence-electron chi connectivity index (χ1n) is 3.41. The molecule has 1 rings (SSSR count). The van der Waals surface area contributed by atoms with Crippen LogP contribution in [0.25, 0.3) is 0 Å². The second-order valence-corrected chi connectivity index (χ2v) is 3.85. The maximum absolute atomic E-state index is 10.6. The van der Waals surface area contributed by atoms with Crippen LogP contribution in [0.3, 0.4) is 0 Å². The first kappa shape index (κ1) is 9.48. The van der Waals surface area contributed by atoms with Crippen molar-refractivity contribution in [3.8, 4) is 0 Å². The topological polar surface area (TPSA) is 33.2 Å². The van der Waals surface area contributed by atoms with E-state index in [1.807, 2.05) is 12.3 Å². The molecule has 1 aromatic rings. The molecule has 66 valence electrons. The van der Waals surface area contributed by atoms with Crippen molar-refractivity contribution in [3.63, 3.8) is 0 Å². The molecule has 0 spiro atoms. The van der Waals surface area contributed by atoms with Crippen LogP contribution >= 0.6 is 22.9 Å². The molecule has 0 aliphatic rings. The van der Waals surface area contributed by atoms with Gasteiger partial charge in [-0.05, 0) is 18.5 Å². The highest BCUT2D eigenvalue weighted by atomic mass is 35.5. The molecule has 0 unspecified atom stereocenters. The molecule has 1 aromatic heterocycles. The van der Waals surface area contributed by atoms with Crippen molar-refractivity contribution >= 4 is 28.3 Å². The minimum Gasteiger partial charge on any atom is -0.326 e. The normalized spacial score (nSPS) is 9.92. The van der Waals surface area contributed by atoms with E-state index in [1.54, 1.807) is 18.4 Å². The number of amides is 1. The highest BCUT2D eigenvalue weighted by Crippen LogP contribution is 2.10. The lowest BCUT2D eigenvalue weighted by Crippen LogP contribution is -2.20. The summed E-state index contributed by atoms with van der Waals surface area (Å²) in [6, 6.07) is 0. The number of aromatic nitrogens is 1. The first-order valence-corrected chi connectivity index (χ1v) is 4.67. The number of nitrogens with zero attached hydrogens (tertiary/aromatic N) is 2. The highest BCUT2D eigenvalue weighted by Gasteiger charge is 2.06. The van der Waals surface area contributed by atoms with E-state index in [0.29, 0.717) is 6.54 Å². The maximum atomic E-state index is 10.6. The molecular weight excluding hydrogens is 196 g/mol. The third-order valence-corrected chi connectivity index (χ3v) is 2.48. The minimum absolute atomic E-state index is 0.458. The Balaban J connectivity index is 2.58. The predicted molar refractivity (Wildman–Crippen MR) is 49.6 cm³/mol. The lowest BCUT2D eigenvalue weighted by molar-refractivity contribution is 0.230. The minimum atomic E-state index is -0.458. The molecule has 1 heterocycles. The van der Waals surface area contributed by atoms with E-state index in [0.717, 1.165) is 10.7 Å². The van der Waals surface area contributed by atoms with E-state index in [2.05, 4.69) is 4.98 Å². The standard InChI is InChI=1S/C7H9ClN2OS/c1-5-9-6(4-12-5)3-10(2)7(8)11/h4H,3H2,1-2H3. The third-order valence-electron chi connectivity index (χ3n) is 1.37. The van der Waals surface area contributed by atoms with Gasteiger partial charge in [0.05, 0.1) is 17.2 Å². The summed E-state index contributed by atoms with van der Waals surface area (Å²) in [5, 5.41) is 2.46. The summed E-state index contributed by atoms with van der Waals surface area (Å²) < 4.78 is 0. The molecule has 0 saturated heterocycles. The Morgan fingerprint density at radius 1 is 1.83 bits per heavy atom. The van der Waals surface area contributed by atoms with E-state index < -0.39 is 5.37 Å². The summed E-state index contributed by atoms with van der Waals surface area (Å²) in [5.41, 5.74) is 0.883. The Kier molecular flexibility index (Phi) is 3.05. The zero-order chi connectivity index (χ0) is 9.14. The summed E-state index contributed by atoms with van der Waals surface area (Å²) in [6.45, 7) is 2.41. The van der Waals surface area contributed by atoms with Crippen molar-refractivity contribution in [1.82, 2.24) is 9.88 Å². The molecule has 0 bridgehead atoms. The third kappa shape index (κ3) is 2.46. The predicted octanol–water partition coefficient (Wildman–Crippen LogP) is 2.24. The molecule has 0 aliphatic heterocycles. The van der Waals surface area contributed by atoms with Crippen molar-refractivity contribution < 1.29 is 4.79 Å². The van der Waals surface area contributed by atoms with Crippen molar-refractivity contribution in [2.24, 2.45) is 0 Å². The van der Waals surface area contributed by atoms with Crippen LogP contribution in [0.4, 0.5) is 4.79 Å². The van der Waals surface area contributed by atoms with Gasteiger partial charge in [-0.1, -0.05) is 0 Å². The smallest absolute Gasteiger partial charge is 0.316 e. The second-order valence-electron chi connectivity index (χ2n) is 2.47. The number of hydrogen-bond acceptors (Lipinski definition) is 3. The molecule has 0 aliphatic carbocycles. The number of carbonyl (C=O) groups is 1. The van der Waals surface area contributed by atoms with Gasteiger partial charge in [0.25, 0.3) is 0 Å². The first-order chi connectivity index (χ1) is 5.59. The van der Waals surface area contributed by atoms with E-state index in [1.165, 1.54) is 4.90 Å². The lowest BCUT2D eigenvalue weighted by atomic mass is 10.4. The highest BCUT2D eigenvalue weighted by molar-refractivity contribution is 7.09. The maximum Gasteiger partial charge on any atom is 0.316 e. The number of rotatable bonds is 2. The van der Waals surface area contributed by atoms with Crippen LogP contribution in [0, 0.1) is 6.92 Å². The van der Waals surface area contributed by atoms with E-state index in [4.69, 9.17) is 11.6 Å². The van der Waals surface area contributed by atoms with Crippen molar-refractivity contribution in [2.75, 3.05) is 7.05 Å². The molecule has 12 heavy (non-hydrogen) atoms. The lowest BCUT2D eigenvalue weighted by Gasteiger charge is -2.10. The monoisotopic (exact) mass is 204 g/mol. The summed E-state index contributed by atoms with van der Waals surface area (Å²) in [7, 11) is 1.64. The number of aryl methyl sites for hydroxylation is 1. The fourth-order valence-electron chi connectivity index (χ4n) is 0.786. The fourth-order valence-corrected chi connectivity index (χ4v) is 1.45. The SMILES string of the molecule is Cc1nc(CN(C)C(=O)Cl)cs1. The van der Waals surface area contributed by atoms with Crippen LogP contribution < -0.4 is 0 Å². The van der Waals surface area contributed by atoms with Gasteiger partial charge in [-0.25, -0.2) is 4.98 Å². The van der Waals surface area contributed by atoms with Gasteiger partial charge in [-0.15, -0.1) is 11.3 Å².